The van der Waals surface area contributed by atoms with Crippen LogP contribution in [0.15, 0.2) is 72.4 Å². The third-order valence-corrected chi connectivity index (χ3v) is 3.61. The van der Waals surface area contributed by atoms with Crippen LogP contribution >= 0.6 is 0 Å². The number of pyridine rings is 2. The Hall–Kier alpha value is -4.07. The standard InChI is InChI=1S/C20H16N4O4/c1-27-18-11-14(12-23-24-19(25)16-3-2-8-22-13-16)4-5-17(18)28-20(26)15-6-9-21-10-7-15/h2-13H,1H3,(H,24,25)/b23-12-. The normalized spacial score (nSPS) is 10.5. The van der Waals surface area contributed by atoms with Gasteiger partial charge in [-0.05, 0) is 48.0 Å². The highest BCUT2D eigenvalue weighted by molar-refractivity contribution is 5.94. The Morgan fingerprint density at radius 2 is 1.82 bits per heavy atom. The highest BCUT2D eigenvalue weighted by Crippen LogP contribution is 2.28. The van der Waals surface area contributed by atoms with Gasteiger partial charge in [0.2, 0.25) is 0 Å². The quantitative estimate of drug-likeness (QED) is 0.307. The number of rotatable bonds is 6. The summed E-state index contributed by atoms with van der Waals surface area (Å²) in [4.78, 5) is 31.8. The summed E-state index contributed by atoms with van der Waals surface area (Å²) in [6.07, 6.45) is 7.49. The van der Waals surface area contributed by atoms with Crippen LogP contribution in [0.2, 0.25) is 0 Å². The molecule has 3 aromatic rings. The van der Waals surface area contributed by atoms with Gasteiger partial charge in [0, 0.05) is 24.8 Å². The largest absolute Gasteiger partial charge is 0.493 e. The Morgan fingerprint density at radius 1 is 1.00 bits per heavy atom. The van der Waals surface area contributed by atoms with Crippen LogP contribution in [0.3, 0.4) is 0 Å². The molecule has 1 N–H and O–H groups in total. The molecule has 0 saturated carbocycles. The van der Waals surface area contributed by atoms with E-state index in [0.717, 1.165) is 0 Å². The fourth-order valence-corrected chi connectivity index (χ4v) is 2.22. The predicted molar refractivity (Wildman–Crippen MR) is 101 cm³/mol. The van der Waals surface area contributed by atoms with Gasteiger partial charge < -0.3 is 9.47 Å². The summed E-state index contributed by atoms with van der Waals surface area (Å²) in [6.45, 7) is 0. The van der Waals surface area contributed by atoms with Crippen molar-refractivity contribution < 1.29 is 19.1 Å². The number of carbonyl (C=O) groups is 2. The van der Waals surface area contributed by atoms with Gasteiger partial charge in [-0.3, -0.25) is 14.8 Å². The second-order valence-corrected chi connectivity index (χ2v) is 5.48. The molecule has 3 rings (SSSR count). The van der Waals surface area contributed by atoms with E-state index in [4.69, 9.17) is 9.47 Å². The first-order valence-corrected chi connectivity index (χ1v) is 8.21. The number of nitrogens with one attached hydrogen (secondary N) is 1. The number of carbonyl (C=O) groups excluding carboxylic acids is 2. The van der Waals surface area contributed by atoms with Crippen molar-refractivity contribution in [3.63, 3.8) is 0 Å². The van der Waals surface area contributed by atoms with E-state index in [1.54, 1.807) is 48.7 Å². The van der Waals surface area contributed by atoms with Gasteiger partial charge in [0.1, 0.15) is 0 Å². The van der Waals surface area contributed by atoms with Crippen molar-refractivity contribution in [2.24, 2.45) is 5.10 Å². The van der Waals surface area contributed by atoms with Gasteiger partial charge in [0.05, 0.1) is 24.5 Å². The molecule has 0 fully saturated rings. The number of hydrogen-bond acceptors (Lipinski definition) is 7. The number of methoxy groups -OCH3 is 1. The smallest absolute Gasteiger partial charge is 0.343 e. The average molecular weight is 376 g/mol. The van der Waals surface area contributed by atoms with Crippen LogP contribution in [0, 0.1) is 0 Å². The fourth-order valence-electron chi connectivity index (χ4n) is 2.22. The van der Waals surface area contributed by atoms with E-state index in [-0.39, 0.29) is 11.7 Å². The number of amides is 1. The molecule has 0 unspecified atom stereocenters. The van der Waals surface area contributed by atoms with Gasteiger partial charge >= 0.3 is 5.97 Å². The zero-order chi connectivity index (χ0) is 19.8. The molecule has 0 aliphatic carbocycles. The summed E-state index contributed by atoms with van der Waals surface area (Å²) in [5, 5.41) is 3.91. The molecule has 0 saturated heterocycles. The van der Waals surface area contributed by atoms with Crippen LogP contribution < -0.4 is 14.9 Å². The van der Waals surface area contributed by atoms with Crippen LogP contribution in [-0.2, 0) is 0 Å². The molecular weight excluding hydrogens is 360 g/mol. The maximum atomic E-state index is 12.2. The van der Waals surface area contributed by atoms with Gasteiger partial charge in [-0.25, -0.2) is 10.2 Å². The third-order valence-electron chi connectivity index (χ3n) is 3.61. The number of nitrogens with zero attached hydrogens (tertiary/aromatic N) is 3. The first kappa shape index (κ1) is 18.7. The number of ether oxygens (including phenoxy) is 2. The number of hydrogen-bond donors (Lipinski definition) is 1. The molecule has 2 aromatic heterocycles. The molecule has 0 atom stereocenters. The van der Waals surface area contributed by atoms with E-state index in [1.807, 2.05) is 0 Å². The second kappa shape index (κ2) is 9.04. The van der Waals surface area contributed by atoms with Crippen molar-refractivity contribution >= 4 is 18.1 Å². The van der Waals surface area contributed by atoms with Crippen molar-refractivity contribution in [3.05, 3.63) is 83.9 Å². The van der Waals surface area contributed by atoms with Gasteiger partial charge in [0.15, 0.2) is 11.5 Å². The molecule has 1 amide bonds. The molecule has 2 heterocycles. The average Bonchev–Trinajstić information content (AvgIpc) is 2.75. The van der Waals surface area contributed by atoms with Gasteiger partial charge in [-0.2, -0.15) is 5.10 Å². The van der Waals surface area contributed by atoms with E-state index in [9.17, 15) is 9.59 Å². The lowest BCUT2D eigenvalue weighted by atomic mass is 10.2. The molecule has 8 nitrogen and oxygen atoms in total. The summed E-state index contributed by atoms with van der Waals surface area (Å²) in [6, 6.07) is 11.3. The molecule has 0 aliphatic rings. The minimum absolute atomic E-state index is 0.265. The molecular formula is C20H16N4O4. The lowest BCUT2D eigenvalue weighted by Gasteiger charge is -2.09. The molecule has 140 valence electrons. The van der Waals surface area contributed by atoms with Crippen LogP contribution in [0.4, 0.5) is 0 Å². The highest BCUT2D eigenvalue weighted by Gasteiger charge is 2.12. The second-order valence-electron chi connectivity index (χ2n) is 5.48. The van der Waals surface area contributed by atoms with Crippen molar-refractivity contribution in [3.8, 4) is 11.5 Å². The molecule has 0 aliphatic heterocycles. The van der Waals surface area contributed by atoms with E-state index >= 15 is 0 Å². The van der Waals surface area contributed by atoms with Crippen LogP contribution in [0.25, 0.3) is 0 Å². The maximum Gasteiger partial charge on any atom is 0.343 e. The highest BCUT2D eigenvalue weighted by atomic mass is 16.6. The van der Waals surface area contributed by atoms with Crippen molar-refractivity contribution in [2.45, 2.75) is 0 Å². The number of benzene rings is 1. The van der Waals surface area contributed by atoms with Crippen LogP contribution in [0.1, 0.15) is 26.3 Å². The van der Waals surface area contributed by atoms with Crippen LogP contribution in [0.5, 0.6) is 11.5 Å². The Balaban J connectivity index is 1.67. The monoisotopic (exact) mass is 376 g/mol. The van der Waals surface area contributed by atoms with E-state index in [0.29, 0.717) is 22.4 Å². The molecule has 0 bridgehead atoms. The molecule has 8 heteroatoms. The first-order chi connectivity index (χ1) is 13.7. The topological polar surface area (TPSA) is 103 Å². The number of hydrazone groups is 1. The lowest BCUT2D eigenvalue weighted by molar-refractivity contribution is 0.0729. The van der Waals surface area contributed by atoms with Crippen molar-refractivity contribution in [1.82, 2.24) is 15.4 Å². The Labute approximate surface area is 160 Å². The Bertz CT molecular complexity index is 992. The van der Waals surface area contributed by atoms with E-state index < -0.39 is 5.97 Å². The number of aromatic nitrogens is 2. The maximum absolute atomic E-state index is 12.2. The van der Waals surface area contributed by atoms with Crippen molar-refractivity contribution in [2.75, 3.05) is 7.11 Å². The van der Waals surface area contributed by atoms with Crippen molar-refractivity contribution in [1.29, 1.82) is 0 Å². The zero-order valence-electron chi connectivity index (χ0n) is 14.9. The summed E-state index contributed by atoms with van der Waals surface area (Å²) in [7, 11) is 1.46. The zero-order valence-corrected chi connectivity index (χ0v) is 14.9. The molecule has 0 spiro atoms. The first-order valence-electron chi connectivity index (χ1n) is 8.21. The molecule has 0 radical (unpaired) electrons. The third kappa shape index (κ3) is 4.76. The van der Waals surface area contributed by atoms with Gasteiger partial charge in [-0.15, -0.1) is 0 Å². The summed E-state index contributed by atoms with van der Waals surface area (Å²) in [5.41, 5.74) is 3.83. The SMILES string of the molecule is COc1cc(/C=N\NC(=O)c2cccnc2)ccc1OC(=O)c1ccncc1. The van der Waals surface area contributed by atoms with Gasteiger partial charge in [0.25, 0.3) is 5.91 Å². The number of esters is 1. The lowest BCUT2D eigenvalue weighted by Crippen LogP contribution is -2.17. The Morgan fingerprint density at radius 3 is 2.54 bits per heavy atom. The Kier molecular flexibility index (Phi) is 6.04. The minimum atomic E-state index is -0.522. The fraction of sp³-hybridized carbons (Fsp3) is 0.0500. The van der Waals surface area contributed by atoms with E-state index in [1.165, 1.54) is 31.9 Å². The van der Waals surface area contributed by atoms with Gasteiger partial charge in [-0.1, -0.05) is 0 Å². The van der Waals surface area contributed by atoms with Crippen LogP contribution in [-0.4, -0.2) is 35.2 Å². The summed E-state index contributed by atoms with van der Waals surface area (Å²) < 4.78 is 10.6. The minimum Gasteiger partial charge on any atom is -0.493 e. The summed E-state index contributed by atoms with van der Waals surface area (Å²) in [5.74, 6) is -0.282. The predicted octanol–water partition coefficient (Wildman–Crippen LogP) is 2.47. The van der Waals surface area contributed by atoms with E-state index in [2.05, 4.69) is 20.5 Å². The summed E-state index contributed by atoms with van der Waals surface area (Å²) >= 11 is 0. The molecule has 28 heavy (non-hydrogen) atoms. The molecule has 1 aromatic carbocycles.